The van der Waals surface area contributed by atoms with Gasteiger partial charge in [-0.2, -0.15) is 0 Å². The summed E-state index contributed by atoms with van der Waals surface area (Å²) in [5.74, 6) is 0. The third-order valence-corrected chi connectivity index (χ3v) is 2.75. The van der Waals surface area contributed by atoms with E-state index in [0.29, 0.717) is 6.54 Å². The molecule has 0 aliphatic carbocycles. The molecule has 3 aromatic rings. The Morgan fingerprint density at radius 2 is 2.06 bits per heavy atom. The molecule has 3 rings (SSSR count). The van der Waals surface area contributed by atoms with Crippen LogP contribution < -0.4 is 5.73 Å². The van der Waals surface area contributed by atoms with Gasteiger partial charge in [-0.15, -0.1) is 0 Å². The average Bonchev–Trinajstić information content (AvgIpc) is 2.87. The Morgan fingerprint density at radius 1 is 1.12 bits per heavy atom. The smallest absolute Gasteiger partial charge is 0.0995 e. The molecule has 0 aliphatic rings. The molecule has 0 fully saturated rings. The van der Waals surface area contributed by atoms with Gasteiger partial charge in [0.05, 0.1) is 23.2 Å². The third kappa shape index (κ3) is 1.68. The molecule has 1 aromatic carbocycles. The van der Waals surface area contributed by atoms with Crippen molar-refractivity contribution in [3.8, 4) is 5.69 Å². The molecule has 0 atom stereocenters. The first-order valence-electron chi connectivity index (χ1n) is 5.45. The molecule has 4 nitrogen and oxygen atoms in total. The monoisotopic (exact) mass is 224 g/mol. The summed E-state index contributed by atoms with van der Waals surface area (Å²) in [6.45, 7) is 0.454. The number of benzene rings is 1. The molecule has 2 heterocycles. The highest BCUT2D eigenvalue weighted by Gasteiger charge is 2.04. The van der Waals surface area contributed by atoms with Gasteiger partial charge >= 0.3 is 0 Å². The van der Waals surface area contributed by atoms with Gasteiger partial charge in [0.15, 0.2) is 0 Å². The largest absolute Gasteiger partial charge is 0.325 e. The maximum absolute atomic E-state index is 5.57. The van der Waals surface area contributed by atoms with E-state index in [-0.39, 0.29) is 0 Å². The van der Waals surface area contributed by atoms with Gasteiger partial charge < -0.3 is 10.3 Å². The molecule has 0 bridgehead atoms. The highest BCUT2D eigenvalue weighted by Crippen LogP contribution is 2.20. The second-order valence-electron chi connectivity index (χ2n) is 3.82. The number of fused-ring (bicyclic) bond motifs is 1. The Balaban J connectivity index is 2.23. The van der Waals surface area contributed by atoms with Gasteiger partial charge in [0.2, 0.25) is 0 Å². The minimum atomic E-state index is 0.454. The van der Waals surface area contributed by atoms with Gasteiger partial charge in [0.1, 0.15) is 0 Å². The van der Waals surface area contributed by atoms with Crippen LogP contribution in [0.15, 0.2) is 49.1 Å². The zero-order valence-corrected chi connectivity index (χ0v) is 9.24. The van der Waals surface area contributed by atoms with Crippen LogP contribution in [0.5, 0.6) is 0 Å². The number of hydrogen-bond donors (Lipinski definition) is 1. The second-order valence-corrected chi connectivity index (χ2v) is 3.82. The fourth-order valence-corrected chi connectivity index (χ4v) is 1.91. The lowest BCUT2D eigenvalue weighted by Gasteiger charge is -2.05. The van der Waals surface area contributed by atoms with E-state index in [4.69, 9.17) is 5.73 Å². The zero-order chi connectivity index (χ0) is 11.7. The summed E-state index contributed by atoms with van der Waals surface area (Å²) in [5, 5.41) is 1.11. The topological polar surface area (TPSA) is 56.7 Å². The van der Waals surface area contributed by atoms with Gasteiger partial charge in [-0.3, -0.25) is 4.98 Å². The zero-order valence-electron chi connectivity index (χ0n) is 9.24. The summed E-state index contributed by atoms with van der Waals surface area (Å²) in [6, 6.07) is 10.0. The van der Waals surface area contributed by atoms with Crippen molar-refractivity contribution in [2.45, 2.75) is 6.54 Å². The van der Waals surface area contributed by atoms with Crippen molar-refractivity contribution < 1.29 is 0 Å². The van der Waals surface area contributed by atoms with Gasteiger partial charge in [-0.05, 0) is 24.3 Å². The van der Waals surface area contributed by atoms with Crippen molar-refractivity contribution in [1.29, 1.82) is 0 Å². The molecule has 0 saturated carbocycles. The molecule has 84 valence electrons. The predicted octanol–water partition coefficient (Wildman–Crippen LogP) is 1.88. The Hall–Kier alpha value is -2.20. The number of rotatable bonds is 2. The van der Waals surface area contributed by atoms with Crippen molar-refractivity contribution in [3.05, 3.63) is 54.7 Å². The van der Waals surface area contributed by atoms with Crippen molar-refractivity contribution >= 4 is 10.9 Å². The maximum Gasteiger partial charge on any atom is 0.0995 e. The van der Waals surface area contributed by atoms with Crippen LogP contribution in [0, 0.1) is 0 Å². The number of aromatic nitrogens is 3. The number of pyridine rings is 1. The first kappa shape index (κ1) is 9.99. The van der Waals surface area contributed by atoms with E-state index in [0.717, 1.165) is 22.3 Å². The van der Waals surface area contributed by atoms with Gasteiger partial charge in [-0.25, -0.2) is 4.98 Å². The fraction of sp³-hybridized carbons (Fsp3) is 0.0769. The Kier molecular flexibility index (Phi) is 2.34. The van der Waals surface area contributed by atoms with E-state index in [1.807, 2.05) is 35.0 Å². The lowest BCUT2D eigenvalue weighted by atomic mass is 10.2. The quantitative estimate of drug-likeness (QED) is 0.723. The number of imidazole rings is 1. The lowest BCUT2D eigenvalue weighted by Crippen LogP contribution is -1.96. The van der Waals surface area contributed by atoms with Crippen LogP contribution in [0.2, 0.25) is 0 Å². The second kappa shape index (κ2) is 3.99. The molecule has 2 aromatic heterocycles. The SMILES string of the molecule is NCc1cn(-c2cccc3ncccc23)cn1. The molecule has 0 unspecified atom stereocenters. The van der Waals surface area contributed by atoms with Crippen LogP contribution in [0.4, 0.5) is 0 Å². The Bertz CT molecular complexity index is 652. The molecule has 2 N–H and O–H groups in total. The van der Waals surface area contributed by atoms with Crippen molar-refractivity contribution in [2.75, 3.05) is 0 Å². The predicted molar refractivity (Wildman–Crippen MR) is 66.8 cm³/mol. The number of nitrogens with two attached hydrogens (primary N) is 1. The van der Waals surface area contributed by atoms with E-state index in [2.05, 4.69) is 16.0 Å². The van der Waals surface area contributed by atoms with Gasteiger partial charge in [0.25, 0.3) is 0 Å². The van der Waals surface area contributed by atoms with E-state index in [1.165, 1.54) is 0 Å². The molecule has 0 radical (unpaired) electrons. The molecule has 0 spiro atoms. The summed E-state index contributed by atoms with van der Waals surface area (Å²) < 4.78 is 1.98. The molecular formula is C13H12N4. The summed E-state index contributed by atoms with van der Waals surface area (Å²) >= 11 is 0. The Morgan fingerprint density at radius 3 is 2.88 bits per heavy atom. The van der Waals surface area contributed by atoms with E-state index in [9.17, 15) is 0 Å². The highest BCUT2D eigenvalue weighted by atomic mass is 15.0. The molecule has 0 saturated heterocycles. The molecule has 0 amide bonds. The molecule has 0 aliphatic heterocycles. The third-order valence-electron chi connectivity index (χ3n) is 2.75. The van der Waals surface area contributed by atoms with E-state index >= 15 is 0 Å². The summed E-state index contributed by atoms with van der Waals surface area (Å²) in [5.41, 5.74) is 8.50. The molecule has 4 heteroatoms. The van der Waals surface area contributed by atoms with Crippen LogP contribution in [-0.4, -0.2) is 14.5 Å². The lowest BCUT2D eigenvalue weighted by molar-refractivity contribution is 1.01. The van der Waals surface area contributed by atoms with Crippen LogP contribution in [0.1, 0.15) is 5.69 Å². The number of nitrogens with zero attached hydrogens (tertiary/aromatic N) is 3. The van der Waals surface area contributed by atoms with Crippen LogP contribution >= 0.6 is 0 Å². The summed E-state index contributed by atoms with van der Waals surface area (Å²) in [4.78, 5) is 8.57. The highest BCUT2D eigenvalue weighted by molar-refractivity contribution is 5.86. The minimum Gasteiger partial charge on any atom is -0.325 e. The molecular weight excluding hydrogens is 212 g/mol. The first-order valence-corrected chi connectivity index (χ1v) is 5.45. The van der Waals surface area contributed by atoms with Crippen molar-refractivity contribution in [2.24, 2.45) is 5.73 Å². The normalized spacial score (nSPS) is 10.9. The molecule has 17 heavy (non-hydrogen) atoms. The fourth-order valence-electron chi connectivity index (χ4n) is 1.91. The van der Waals surface area contributed by atoms with Crippen LogP contribution in [0.3, 0.4) is 0 Å². The van der Waals surface area contributed by atoms with Crippen LogP contribution in [-0.2, 0) is 6.54 Å². The van der Waals surface area contributed by atoms with Crippen molar-refractivity contribution in [1.82, 2.24) is 14.5 Å². The summed E-state index contributed by atoms with van der Waals surface area (Å²) in [6.07, 6.45) is 5.52. The van der Waals surface area contributed by atoms with E-state index < -0.39 is 0 Å². The van der Waals surface area contributed by atoms with Crippen molar-refractivity contribution in [3.63, 3.8) is 0 Å². The Labute approximate surface area is 98.7 Å². The summed E-state index contributed by atoms with van der Waals surface area (Å²) in [7, 11) is 0. The number of hydrogen-bond acceptors (Lipinski definition) is 3. The van der Waals surface area contributed by atoms with Gasteiger partial charge in [0, 0.05) is 24.3 Å². The van der Waals surface area contributed by atoms with E-state index in [1.54, 1.807) is 12.5 Å². The standard InChI is InChI=1S/C13H12N4/c14-7-10-8-17(9-16-10)13-5-1-4-12-11(13)3-2-6-15-12/h1-6,8-9H,7,14H2. The van der Waals surface area contributed by atoms with Crippen LogP contribution in [0.25, 0.3) is 16.6 Å². The maximum atomic E-state index is 5.57. The first-order chi connectivity index (χ1) is 8.38. The minimum absolute atomic E-state index is 0.454. The van der Waals surface area contributed by atoms with Gasteiger partial charge in [-0.1, -0.05) is 6.07 Å². The average molecular weight is 224 g/mol.